The van der Waals surface area contributed by atoms with Crippen molar-refractivity contribution in [2.24, 2.45) is 5.92 Å². The predicted octanol–water partition coefficient (Wildman–Crippen LogP) is -0.470. The Kier molecular flexibility index (Phi) is 3.90. The third kappa shape index (κ3) is 3.39. The summed E-state index contributed by atoms with van der Waals surface area (Å²) in [5.74, 6) is -0.733. The standard InChI is InChI=1S/C9H16N2O4/c1-2-5-3-6(5)10-9(15)11-7(4-12)8(13)14/h5-7,12H,2-4H2,1H3,(H,13,14)(H2,10,11,15). The van der Waals surface area contributed by atoms with E-state index in [0.29, 0.717) is 5.92 Å². The van der Waals surface area contributed by atoms with E-state index in [1.807, 2.05) is 6.92 Å². The van der Waals surface area contributed by atoms with Crippen molar-refractivity contribution in [1.82, 2.24) is 10.6 Å². The van der Waals surface area contributed by atoms with E-state index < -0.39 is 24.6 Å². The van der Waals surface area contributed by atoms with Crippen molar-refractivity contribution < 1.29 is 19.8 Å². The third-order valence-corrected chi connectivity index (χ3v) is 2.55. The molecule has 1 saturated carbocycles. The number of aliphatic hydroxyl groups is 1. The van der Waals surface area contributed by atoms with E-state index in [4.69, 9.17) is 10.2 Å². The smallest absolute Gasteiger partial charge is 0.328 e. The first-order valence-corrected chi connectivity index (χ1v) is 4.99. The summed E-state index contributed by atoms with van der Waals surface area (Å²) < 4.78 is 0. The fourth-order valence-corrected chi connectivity index (χ4v) is 1.43. The van der Waals surface area contributed by atoms with Gasteiger partial charge in [-0.05, 0) is 12.3 Å². The van der Waals surface area contributed by atoms with Crippen LogP contribution in [0.2, 0.25) is 0 Å². The molecule has 1 aliphatic rings. The fourth-order valence-electron chi connectivity index (χ4n) is 1.43. The number of carboxylic acids is 1. The van der Waals surface area contributed by atoms with Crippen LogP contribution in [0.3, 0.4) is 0 Å². The number of rotatable bonds is 5. The summed E-state index contributed by atoms with van der Waals surface area (Å²) >= 11 is 0. The molecule has 1 fully saturated rings. The molecule has 0 aromatic heterocycles. The Morgan fingerprint density at radius 3 is 2.60 bits per heavy atom. The summed E-state index contributed by atoms with van der Waals surface area (Å²) in [4.78, 5) is 21.7. The van der Waals surface area contributed by atoms with E-state index in [-0.39, 0.29) is 6.04 Å². The van der Waals surface area contributed by atoms with Gasteiger partial charge in [0.15, 0.2) is 6.04 Å². The van der Waals surface area contributed by atoms with Gasteiger partial charge in [0.05, 0.1) is 6.61 Å². The lowest BCUT2D eigenvalue weighted by Gasteiger charge is -2.12. The van der Waals surface area contributed by atoms with Crippen LogP contribution in [0.25, 0.3) is 0 Å². The first kappa shape index (κ1) is 11.8. The van der Waals surface area contributed by atoms with Crippen LogP contribution in [0.1, 0.15) is 19.8 Å². The maximum absolute atomic E-state index is 11.2. The molecule has 2 amide bonds. The average molecular weight is 216 g/mol. The number of carbonyl (C=O) groups excluding carboxylic acids is 1. The zero-order valence-corrected chi connectivity index (χ0v) is 8.56. The number of aliphatic carboxylic acids is 1. The first-order valence-electron chi connectivity index (χ1n) is 4.99. The van der Waals surface area contributed by atoms with E-state index >= 15 is 0 Å². The second-order valence-electron chi connectivity index (χ2n) is 3.70. The maximum Gasteiger partial charge on any atom is 0.328 e. The minimum absolute atomic E-state index is 0.156. The molecule has 0 spiro atoms. The Balaban J connectivity index is 2.26. The molecular weight excluding hydrogens is 200 g/mol. The van der Waals surface area contributed by atoms with E-state index in [2.05, 4.69) is 10.6 Å². The minimum Gasteiger partial charge on any atom is -0.480 e. The van der Waals surface area contributed by atoms with Gasteiger partial charge in [-0.15, -0.1) is 0 Å². The van der Waals surface area contributed by atoms with Crippen LogP contribution in [0.15, 0.2) is 0 Å². The van der Waals surface area contributed by atoms with Crippen LogP contribution in [-0.4, -0.2) is 40.9 Å². The monoisotopic (exact) mass is 216 g/mol. The van der Waals surface area contributed by atoms with Crippen LogP contribution < -0.4 is 10.6 Å². The Morgan fingerprint density at radius 1 is 1.53 bits per heavy atom. The van der Waals surface area contributed by atoms with Crippen molar-refractivity contribution in [2.45, 2.75) is 31.8 Å². The van der Waals surface area contributed by atoms with Gasteiger partial charge in [-0.2, -0.15) is 0 Å². The first-order chi connectivity index (χ1) is 7.08. The Hall–Kier alpha value is -1.30. The Bertz CT molecular complexity index is 256. The predicted molar refractivity (Wildman–Crippen MR) is 52.4 cm³/mol. The summed E-state index contributed by atoms with van der Waals surface area (Å²) in [7, 11) is 0. The lowest BCUT2D eigenvalue weighted by Crippen LogP contribution is -2.48. The molecule has 0 bridgehead atoms. The van der Waals surface area contributed by atoms with Crippen LogP contribution in [0, 0.1) is 5.92 Å². The quantitative estimate of drug-likeness (QED) is 0.499. The molecule has 0 aromatic rings. The zero-order valence-electron chi connectivity index (χ0n) is 8.56. The van der Waals surface area contributed by atoms with Crippen LogP contribution in [0.5, 0.6) is 0 Å². The lowest BCUT2D eigenvalue weighted by atomic mass is 10.3. The zero-order chi connectivity index (χ0) is 11.4. The number of hydrogen-bond acceptors (Lipinski definition) is 3. The van der Waals surface area contributed by atoms with Gasteiger partial charge < -0.3 is 20.8 Å². The van der Waals surface area contributed by atoms with Crippen molar-refractivity contribution in [2.75, 3.05) is 6.61 Å². The molecule has 6 heteroatoms. The second-order valence-corrected chi connectivity index (χ2v) is 3.70. The van der Waals surface area contributed by atoms with Gasteiger partial charge in [0.2, 0.25) is 0 Å². The van der Waals surface area contributed by atoms with Crippen molar-refractivity contribution in [3.8, 4) is 0 Å². The number of amides is 2. The maximum atomic E-state index is 11.2. The summed E-state index contributed by atoms with van der Waals surface area (Å²) in [6.07, 6.45) is 1.95. The molecule has 0 aliphatic heterocycles. The molecule has 0 aromatic carbocycles. The highest BCUT2D eigenvalue weighted by Crippen LogP contribution is 2.32. The normalized spacial score (nSPS) is 25.5. The molecule has 0 radical (unpaired) electrons. The summed E-state index contributed by atoms with van der Waals surface area (Å²) in [5.41, 5.74) is 0. The van der Waals surface area contributed by atoms with Gasteiger partial charge in [0.25, 0.3) is 0 Å². The van der Waals surface area contributed by atoms with Gasteiger partial charge in [-0.25, -0.2) is 9.59 Å². The van der Waals surface area contributed by atoms with E-state index in [1.54, 1.807) is 0 Å². The second kappa shape index (κ2) is 4.97. The van der Waals surface area contributed by atoms with Gasteiger partial charge in [-0.1, -0.05) is 13.3 Å². The van der Waals surface area contributed by atoms with E-state index in [0.717, 1.165) is 12.8 Å². The largest absolute Gasteiger partial charge is 0.480 e. The molecule has 15 heavy (non-hydrogen) atoms. The van der Waals surface area contributed by atoms with Crippen molar-refractivity contribution in [3.63, 3.8) is 0 Å². The van der Waals surface area contributed by atoms with Crippen LogP contribution in [-0.2, 0) is 4.79 Å². The highest BCUT2D eigenvalue weighted by atomic mass is 16.4. The number of carbonyl (C=O) groups is 2. The van der Waals surface area contributed by atoms with Gasteiger partial charge in [0, 0.05) is 6.04 Å². The highest BCUT2D eigenvalue weighted by Gasteiger charge is 2.36. The highest BCUT2D eigenvalue weighted by molar-refractivity contribution is 5.82. The van der Waals surface area contributed by atoms with Gasteiger partial charge >= 0.3 is 12.0 Å². The molecular formula is C9H16N2O4. The number of hydrogen-bond donors (Lipinski definition) is 4. The van der Waals surface area contributed by atoms with Gasteiger partial charge in [-0.3, -0.25) is 0 Å². The lowest BCUT2D eigenvalue weighted by molar-refractivity contribution is -0.140. The van der Waals surface area contributed by atoms with E-state index in [9.17, 15) is 9.59 Å². The summed E-state index contributed by atoms with van der Waals surface area (Å²) in [5, 5.41) is 22.1. The number of nitrogens with one attached hydrogen (secondary N) is 2. The van der Waals surface area contributed by atoms with Crippen LogP contribution in [0.4, 0.5) is 4.79 Å². The number of urea groups is 1. The van der Waals surface area contributed by atoms with Crippen molar-refractivity contribution in [1.29, 1.82) is 0 Å². The molecule has 1 rings (SSSR count). The van der Waals surface area contributed by atoms with Crippen LogP contribution >= 0.6 is 0 Å². The SMILES string of the molecule is CCC1CC1NC(=O)NC(CO)C(=O)O. The Labute approximate surface area is 87.7 Å². The number of aliphatic hydroxyl groups excluding tert-OH is 1. The summed E-state index contributed by atoms with van der Waals surface area (Å²) in [6.45, 7) is 1.43. The minimum atomic E-state index is -1.24. The molecule has 1 aliphatic carbocycles. The molecule has 3 atom stereocenters. The molecule has 6 nitrogen and oxygen atoms in total. The molecule has 3 unspecified atom stereocenters. The Morgan fingerprint density at radius 2 is 2.20 bits per heavy atom. The van der Waals surface area contributed by atoms with Crippen molar-refractivity contribution in [3.05, 3.63) is 0 Å². The third-order valence-electron chi connectivity index (χ3n) is 2.55. The molecule has 0 heterocycles. The fraction of sp³-hybridized carbons (Fsp3) is 0.778. The van der Waals surface area contributed by atoms with Crippen molar-refractivity contribution >= 4 is 12.0 Å². The summed E-state index contributed by atoms with van der Waals surface area (Å²) in [6, 6.07) is -1.61. The molecule has 4 N–H and O–H groups in total. The molecule has 0 saturated heterocycles. The number of carboxylic acid groups (broad SMARTS) is 1. The average Bonchev–Trinajstić information content (AvgIpc) is 2.92. The van der Waals surface area contributed by atoms with E-state index in [1.165, 1.54) is 0 Å². The van der Waals surface area contributed by atoms with Gasteiger partial charge in [0.1, 0.15) is 0 Å². The topological polar surface area (TPSA) is 98.7 Å². The molecule has 86 valence electrons.